The molecule has 2 aromatic carbocycles. The summed E-state index contributed by atoms with van der Waals surface area (Å²) in [4.78, 5) is 0. The van der Waals surface area contributed by atoms with E-state index in [0.717, 1.165) is 14.5 Å². The molecule has 0 saturated carbocycles. The molecule has 0 spiro atoms. The zero-order chi connectivity index (χ0) is 10.8. The standard InChI is InChI=1S/C12H7Br2Cl/c13-11-9(6-7-10(15)12(11)14)8-4-2-1-3-5-8/h1-7H. The third-order valence-electron chi connectivity index (χ3n) is 2.12. The molecule has 0 amide bonds. The molecule has 0 heterocycles. The Bertz CT molecular complexity index is 480. The molecule has 3 heteroatoms. The van der Waals surface area contributed by atoms with Crippen LogP contribution in [-0.4, -0.2) is 0 Å². The summed E-state index contributed by atoms with van der Waals surface area (Å²) < 4.78 is 1.88. The molecule has 2 aromatic rings. The van der Waals surface area contributed by atoms with Crippen molar-refractivity contribution in [1.29, 1.82) is 0 Å². The quantitative estimate of drug-likeness (QED) is 0.595. The van der Waals surface area contributed by atoms with Gasteiger partial charge in [-0.25, -0.2) is 0 Å². The molecule has 0 fully saturated rings. The fourth-order valence-corrected chi connectivity index (χ4v) is 2.56. The van der Waals surface area contributed by atoms with Crippen molar-refractivity contribution in [3.63, 3.8) is 0 Å². The van der Waals surface area contributed by atoms with Crippen LogP contribution in [0.2, 0.25) is 5.02 Å². The predicted molar refractivity (Wildman–Crippen MR) is 72.3 cm³/mol. The largest absolute Gasteiger partial charge is 0.0831 e. The Hall–Kier alpha value is -0.310. The van der Waals surface area contributed by atoms with Crippen molar-refractivity contribution >= 4 is 43.5 Å². The van der Waals surface area contributed by atoms with E-state index in [1.807, 2.05) is 30.3 Å². The molecule has 0 aliphatic rings. The SMILES string of the molecule is Clc1ccc(-c2ccccc2)c(Br)c1Br. The van der Waals surface area contributed by atoms with Crippen molar-refractivity contribution in [1.82, 2.24) is 0 Å². The van der Waals surface area contributed by atoms with Crippen molar-refractivity contribution in [3.8, 4) is 11.1 Å². The predicted octanol–water partition coefficient (Wildman–Crippen LogP) is 5.53. The smallest absolute Gasteiger partial charge is 0.0559 e. The van der Waals surface area contributed by atoms with Crippen LogP contribution in [0.1, 0.15) is 0 Å². The van der Waals surface area contributed by atoms with Gasteiger partial charge in [-0.1, -0.05) is 48.0 Å². The van der Waals surface area contributed by atoms with Gasteiger partial charge in [0.25, 0.3) is 0 Å². The third-order valence-corrected chi connectivity index (χ3v) is 4.84. The Labute approximate surface area is 111 Å². The van der Waals surface area contributed by atoms with Crippen LogP contribution < -0.4 is 0 Å². The van der Waals surface area contributed by atoms with Crippen LogP contribution in [0.5, 0.6) is 0 Å². The molecule has 15 heavy (non-hydrogen) atoms. The second-order valence-corrected chi connectivity index (χ2v) is 5.08. The van der Waals surface area contributed by atoms with Gasteiger partial charge in [0.05, 0.1) is 9.50 Å². The summed E-state index contributed by atoms with van der Waals surface area (Å²) in [5.41, 5.74) is 2.30. The first-order chi connectivity index (χ1) is 7.20. The number of rotatable bonds is 1. The average molecular weight is 346 g/mol. The molecule has 0 aromatic heterocycles. The lowest BCUT2D eigenvalue weighted by atomic mass is 10.1. The Balaban J connectivity index is 2.60. The van der Waals surface area contributed by atoms with Crippen molar-refractivity contribution < 1.29 is 0 Å². The summed E-state index contributed by atoms with van der Waals surface area (Å²) in [6, 6.07) is 14.1. The van der Waals surface area contributed by atoms with Crippen LogP contribution in [0.4, 0.5) is 0 Å². The molecule has 0 aliphatic carbocycles. The van der Waals surface area contributed by atoms with E-state index in [1.165, 1.54) is 5.56 Å². The molecule has 0 unspecified atom stereocenters. The minimum atomic E-state index is 0.710. The lowest BCUT2D eigenvalue weighted by Crippen LogP contribution is -1.81. The van der Waals surface area contributed by atoms with Crippen molar-refractivity contribution in [2.45, 2.75) is 0 Å². The first-order valence-corrected chi connectivity index (χ1v) is 6.35. The first-order valence-electron chi connectivity index (χ1n) is 4.39. The van der Waals surface area contributed by atoms with Crippen LogP contribution in [0.15, 0.2) is 51.4 Å². The summed E-state index contributed by atoms with van der Waals surface area (Å²) in [6.45, 7) is 0. The van der Waals surface area contributed by atoms with Crippen LogP contribution in [0.3, 0.4) is 0 Å². The van der Waals surface area contributed by atoms with E-state index >= 15 is 0 Å². The molecule has 0 atom stereocenters. The van der Waals surface area contributed by atoms with Crippen LogP contribution in [0, 0.1) is 0 Å². The normalized spacial score (nSPS) is 10.3. The zero-order valence-electron chi connectivity index (χ0n) is 7.68. The highest BCUT2D eigenvalue weighted by Crippen LogP contribution is 2.38. The minimum Gasteiger partial charge on any atom is -0.0831 e. The summed E-state index contributed by atoms with van der Waals surface area (Å²) in [5.74, 6) is 0. The van der Waals surface area contributed by atoms with Crippen LogP contribution >= 0.6 is 43.5 Å². The summed E-state index contributed by atoms with van der Waals surface area (Å²) in [6.07, 6.45) is 0. The second-order valence-electron chi connectivity index (χ2n) is 3.09. The van der Waals surface area contributed by atoms with E-state index in [-0.39, 0.29) is 0 Å². The lowest BCUT2D eigenvalue weighted by molar-refractivity contribution is 1.55. The van der Waals surface area contributed by atoms with Gasteiger partial charge >= 0.3 is 0 Å². The van der Waals surface area contributed by atoms with Gasteiger partial charge < -0.3 is 0 Å². The number of benzene rings is 2. The minimum absolute atomic E-state index is 0.710. The number of halogens is 3. The van der Waals surface area contributed by atoms with E-state index < -0.39 is 0 Å². The molecule has 2 rings (SSSR count). The molecule has 0 N–H and O–H groups in total. The van der Waals surface area contributed by atoms with E-state index in [4.69, 9.17) is 11.6 Å². The van der Waals surface area contributed by atoms with Crippen LogP contribution in [0.25, 0.3) is 11.1 Å². The highest BCUT2D eigenvalue weighted by atomic mass is 79.9. The molecule has 0 aliphatic heterocycles. The lowest BCUT2D eigenvalue weighted by Gasteiger charge is -2.07. The number of hydrogen-bond acceptors (Lipinski definition) is 0. The zero-order valence-corrected chi connectivity index (χ0v) is 11.6. The first kappa shape index (κ1) is 11.2. The maximum absolute atomic E-state index is 6.00. The molecule has 0 radical (unpaired) electrons. The van der Waals surface area contributed by atoms with Gasteiger partial charge in [0.1, 0.15) is 0 Å². The molecule has 76 valence electrons. The van der Waals surface area contributed by atoms with E-state index in [0.29, 0.717) is 5.02 Å². The highest BCUT2D eigenvalue weighted by molar-refractivity contribution is 9.13. The monoisotopic (exact) mass is 344 g/mol. The maximum atomic E-state index is 6.00. The Morgan fingerprint density at radius 2 is 1.47 bits per heavy atom. The van der Waals surface area contributed by atoms with Crippen molar-refractivity contribution in [3.05, 3.63) is 56.4 Å². The highest BCUT2D eigenvalue weighted by Gasteiger charge is 2.08. The van der Waals surface area contributed by atoms with E-state index in [2.05, 4.69) is 44.0 Å². The van der Waals surface area contributed by atoms with Crippen molar-refractivity contribution in [2.75, 3.05) is 0 Å². The van der Waals surface area contributed by atoms with Crippen molar-refractivity contribution in [2.24, 2.45) is 0 Å². The van der Waals surface area contributed by atoms with Gasteiger partial charge in [0, 0.05) is 4.47 Å². The average Bonchev–Trinajstić information content (AvgIpc) is 2.27. The van der Waals surface area contributed by atoms with Gasteiger partial charge in [0.15, 0.2) is 0 Å². The third kappa shape index (κ3) is 2.27. The topological polar surface area (TPSA) is 0 Å². The summed E-state index contributed by atoms with van der Waals surface area (Å²) in [5, 5.41) is 0.710. The van der Waals surface area contributed by atoms with E-state index in [9.17, 15) is 0 Å². The fraction of sp³-hybridized carbons (Fsp3) is 0. The summed E-state index contributed by atoms with van der Waals surface area (Å²) >= 11 is 13.0. The molecule has 0 bridgehead atoms. The Morgan fingerprint density at radius 3 is 2.13 bits per heavy atom. The van der Waals surface area contributed by atoms with Gasteiger partial charge in [-0.3, -0.25) is 0 Å². The van der Waals surface area contributed by atoms with Gasteiger partial charge in [-0.2, -0.15) is 0 Å². The van der Waals surface area contributed by atoms with Gasteiger partial charge in [-0.05, 0) is 49.1 Å². The summed E-state index contributed by atoms with van der Waals surface area (Å²) in [7, 11) is 0. The molecular formula is C12H7Br2Cl. The van der Waals surface area contributed by atoms with Gasteiger partial charge in [0.2, 0.25) is 0 Å². The Morgan fingerprint density at radius 1 is 0.800 bits per heavy atom. The van der Waals surface area contributed by atoms with E-state index in [1.54, 1.807) is 0 Å². The Kier molecular flexibility index (Phi) is 3.49. The number of hydrogen-bond donors (Lipinski definition) is 0. The van der Waals surface area contributed by atoms with Crippen LogP contribution in [-0.2, 0) is 0 Å². The maximum Gasteiger partial charge on any atom is 0.0559 e. The molecule has 0 nitrogen and oxygen atoms in total. The second kappa shape index (κ2) is 4.69. The van der Waals surface area contributed by atoms with Gasteiger partial charge in [-0.15, -0.1) is 0 Å². The molecular weight excluding hydrogens is 339 g/mol. The molecule has 0 saturated heterocycles. The fourth-order valence-electron chi connectivity index (χ4n) is 1.37.